The first kappa shape index (κ1) is 20.8. The van der Waals surface area contributed by atoms with Crippen molar-refractivity contribution in [3.8, 4) is 0 Å². The van der Waals surface area contributed by atoms with Crippen LogP contribution in [0.15, 0.2) is 65.1 Å². The standard InChI is InChI=1S/C24H28N2O3S/c27-24(20-10-5-2-6-11-20)26-17-7-12-21-18-22(13-14-23(21)26)30(28,29)25-16-15-19-8-3-1-4-9-19/h2,5-6,8,10-11,13-14,18,25H,1,3-4,7,9,12,15-17H2. The second-order valence-electron chi connectivity index (χ2n) is 7.97. The number of hydrogen-bond donors (Lipinski definition) is 1. The van der Waals surface area contributed by atoms with Gasteiger partial charge in [-0.05, 0) is 80.8 Å². The minimum Gasteiger partial charge on any atom is -0.308 e. The fourth-order valence-electron chi connectivity index (χ4n) is 4.25. The molecule has 0 aromatic heterocycles. The van der Waals surface area contributed by atoms with Gasteiger partial charge in [-0.3, -0.25) is 4.79 Å². The van der Waals surface area contributed by atoms with E-state index in [1.165, 1.54) is 18.4 Å². The van der Waals surface area contributed by atoms with Crippen molar-refractivity contribution in [3.05, 3.63) is 71.3 Å². The highest BCUT2D eigenvalue weighted by Crippen LogP contribution is 2.30. The van der Waals surface area contributed by atoms with Crippen LogP contribution >= 0.6 is 0 Å². The molecule has 1 amide bonds. The normalized spacial score (nSPS) is 16.7. The third-order valence-electron chi connectivity index (χ3n) is 5.87. The molecule has 2 aromatic carbocycles. The number of nitrogens with zero attached hydrogens (tertiary/aromatic N) is 1. The summed E-state index contributed by atoms with van der Waals surface area (Å²) in [4.78, 5) is 15.0. The highest BCUT2D eigenvalue weighted by atomic mass is 32.2. The summed E-state index contributed by atoms with van der Waals surface area (Å²) in [6, 6.07) is 14.3. The lowest BCUT2D eigenvalue weighted by molar-refractivity contribution is 0.0985. The topological polar surface area (TPSA) is 66.5 Å². The first-order chi connectivity index (χ1) is 14.5. The van der Waals surface area contributed by atoms with Crippen molar-refractivity contribution in [1.82, 2.24) is 4.72 Å². The quantitative estimate of drug-likeness (QED) is 0.697. The van der Waals surface area contributed by atoms with Crippen molar-refractivity contribution in [2.75, 3.05) is 18.0 Å². The lowest BCUT2D eigenvalue weighted by Crippen LogP contribution is -2.35. The van der Waals surface area contributed by atoms with Crippen LogP contribution in [0.25, 0.3) is 0 Å². The van der Waals surface area contributed by atoms with Gasteiger partial charge in [0.2, 0.25) is 10.0 Å². The van der Waals surface area contributed by atoms with Gasteiger partial charge >= 0.3 is 0 Å². The Morgan fingerprint density at radius 3 is 2.60 bits per heavy atom. The van der Waals surface area contributed by atoms with Gasteiger partial charge in [0, 0.05) is 24.3 Å². The number of benzene rings is 2. The molecule has 0 saturated heterocycles. The number of carbonyl (C=O) groups is 1. The molecule has 1 N–H and O–H groups in total. The van der Waals surface area contributed by atoms with E-state index in [-0.39, 0.29) is 10.8 Å². The molecule has 0 spiro atoms. The largest absolute Gasteiger partial charge is 0.308 e. The lowest BCUT2D eigenvalue weighted by Gasteiger charge is -2.30. The lowest BCUT2D eigenvalue weighted by atomic mass is 9.97. The number of carbonyl (C=O) groups excluding carboxylic acids is 1. The van der Waals surface area contributed by atoms with Crippen molar-refractivity contribution in [3.63, 3.8) is 0 Å². The van der Waals surface area contributed by atoms with Gasteiger partial charge in [0.1, 0.15) is 0 Å². The van der Waals surface area contributed by atoms with E-state index in [9.17, 15) is 13.2 Å². The van der Waals surface area contributed by atoms with Crippen LogP contribution in [0.2, 0.25) is 0 Å². The van der Waals surface area contributed by atoms with Crippen molar-refractivity contribution in [1.29, 1.82) is 0 Å². The van der Waals surface area contributed by atoms with Crippen molar-refractivity contribution in [2.24, 2.45) is 0 Å². The number of hydrogen-bond acceptors (Lipinski definition) is 3. The van der Waals surface area contributed by atoms with Gasteiger partial charge in [-0.15, -0.1) is 0 Å². The van der Waals surface area contributed by atoms with Crippen molar-refractivity contribution < 1.29 is 13.2 Å². The van der Waals surface area contributed by atoms with Gasteiger partial charge < -0.3 is 4.90 Å². The number of fused-ring (bicyclic) bond motifs is 1. The number of nitrogens with one attached hydrogen (secondary N) is 1. The molecule has 1 aliphatic carbocycles. The Hall–Kier alpha value is -2.44. The van der Waals surface area contributed by atoms with E-state index in [2.05, 4.69) is 10.8 Å². The molecule has 0 fully saturated rings. The van der Waals surface area contributed by atoms with E-state index >= 15 is 0 Å². The molecule has 5 nitrogen and oxygen atoms in total. The molecular weight excluding hydrogens is 396 g/mol. The molecule has 0 bridgehead atoms. The maximum Gasteiger partial charge on any atom is 0.258 e. The number of sulfonamides is 1. The third-order valence-corrected chi connectivity index (χ3v) is 7.33. The summed E-state index contributed by atoms with van der Waals surface area (Å²) in [5.41, 5.74) is 3.70. The zero-order valence-electron chi connectivity index (χ0n) is 17.1. The van der Waals surface area contributed by atoms with Crippen LogP contribution in [0.3, 0.4) is 0 Å². The van der Waals surface area contributed by atoms with Crippen LogP contribution in [0.5, 0.6) is 0 Å². The molecule has 1 heterocycles. The minimum absolute atomic E-state index is 0.0500. The average molecular weight is 425 g/mol. The number of allylic oxidation sites excluding steroid dienone is 1. The summed E-state index contributed by atoms with van der Waals surface area (Å²) in [7, 11) is -3.57. The smallest absolute Gasteiger partial charge is 0.258 e. The van der Waals surface area contributed by atoms with Crippen LogP contribution in [-0.2, 0) is 16.4 Å². The molecule has 0 atom stereocenters. The fourth-order valence-corrected chi connectivity index (χ4v) is 5.33. The third kappa shape index (κ3) is 4.65. The van der Waals surface area contributed by atoms with E-state index in [4.69, 9.17) is 0 Å². The molecule has 0 saturated carbocycles. The van der Waals surface area contributed by atoms with Gasteiger partial charge in [-0.25, -0.2) is 13.1 Å². The zero-order valence-corrected chi connectivity index (χ0v) is 18.0. The highest BCUT2D eigenvalue weighted by molar-refractivity contribution is 7.89. The van der Waals surface area contributed by atoms with Crippen LogP contribution in [-0.4, -0.2) is 27.4 Å². The zero-order chi connectivity index (χ0) is 21.0. The first-order valence-electron chi connectivity index (χ1n) is 10.7. The Bertz CT molecular complexity index is 1050. The molecule has 2 aromatic rings. The number of rotatable bonds is 6. The predicted molar refractivity (Wildman–Crippen MR) is 119 cm³/mol. The molecule has 2 aliphatic rings. The SMILES string of the molecule is O=C(c1ccccc1)N1CCCc2cc(S(=O)(=O)NCCC3=CCCCC3)ccc21. The summed E-state index contributed by atoms with van der Waals surface area (Å²) in [5, 5.41) is 0. The number of aryl methyl sites for hydroxylation is 1. The highest BCUT2D eigenvalue weighted by Gasteiger charge is 2.25. The maximum atomic E-state index is 12.9. The Morgan fingerprint density at radius 1 is 1.00 bits per heavy atom. The second-order valence-corrected chi connectivity index (χ2v) is 9.74. The molecule has 158 valence electrons. The predicted octanol–water partition coefficient (Wildman–Crippen LogP) is 4.45. The Kier molecular flexibility index (Phi) is 6.35. The first-order valence-corrected chi connectivity index (χ1v) is 12.2. The van der Waals surface area contributed by atoms with E-state index in [1.54, 1.807) is 35.2 Å². The second kappa shape index (κ2) is 9.14. The molecule has 30 heavy (non-hydrogen) atoms. The van der Waals surface area contributed by atoms with Crippen LogP contribution in [0, 0.1) is 0 Å². The molecule has 6 heteroatoms. The average Bonchev–Trinajstić information content (AvgIpc) is 2.79. The Balaban J connectivity index is 1.48. The van der Waals surface area contributed by atoms with E-state index in [1.807, 2.05) is 18.2 Å². The molecular formula is C24H28N2O3S. The number of amides is 1. The van der Waals surface area contributed by atoms with Gasteiger partial charge in [0.25, 0.3) is 5.91 Å². The Labute approximate surface area is 178 Å². The van der Waals surface area contributed by atoms with Gasteiger partial charge in [0.05, 0.1) is 4.90 Å². The van der Waals surface area contributed by atoms with Crippen molar-refractivity contribution >= 4 is 21.6 Å². The Morgan fingerprint density at radius 2 is 1.83 bits per heavy atom. The van der Waals surface area contributed by atoms with Crippen molar-refractivity contribution in [2.45, 2.75) is 49.8 Å². The fraction of sp³-hybridized carbons (Fsp3) is 0.375. The molecule has 0 radical (unpaired) electrons. The molecule has 1 aliphatic heterocycles. The monoisotopic (exact) mass is 424 g/mol. The van der Waals surface area contributed by atoms with Crippen LogP contribution in [0.1, 0.15) is 54.4 Å². The van der Waals surface area contributed by atoms with Crippen LogP contribution in [0.4, 0.5) is 5.69 Å². The van der Waals surface area contributed by atoms with Crippen LogP contribution < -0.4 is 9.62 Å². The van der Waals surface area contributed by atoms with Gasteiger partial charge in [0.15, 0.2) is 0 Å². The van der Waals surface area contributed by atoms with E-state index < -0.39 is 10.0 Å². The van der Waals surface area contributed by atoms with E-state index in [0.29, 0.717) is 18.7 Å². The molecule has 0 unspecified atom stereocenters. The summed E-state index contributed by atoms with van der Waals surface area (Å²) in [6.45, 7) is 1.06. The minimum atomic E-state index is -3.57. The molecule has 4 rings (SSSR count). The van der Waals surface area contributed by atoms with Gasteiger partial charge in [-0.2, -0.15) is 0 Å². The van der Waals surface area contributed by atoms with Gasteiger partial charge in [-0.1, -0.05) is 29.8 Å². The van der Waals surface area contributed by atoms with E-state index in [0.717, 1.165) is 43.4 Å². The summed E-state index contributed by atoms with van der Waals surface area (Å²) in [6.07, 6.45) is 9.20. The number of anilines is 1. The summed E-state index contributed by atoms with van der Waals surface area (Å²) < 4.78 is 28.3. The summed E-state index contributed by atoms with van der Waals surface area (Å²) in [5.74, 6) is -0.0500. The maximum absolute atomic E-state index is 12.9. The summed E-state index contributed by atoms with van der Waals surface area (Å²) >= 11 is 0.